The molecule has 1 aromatic rings. The van der Waals surface area contributed by atoms with E-state index in [4.69, 9.17) is 0 Å². The minimum Gasteiger partial charge on any atom is -0.356 e. The van der Waals surface area contributed by atoms with Crippen LogP contribution in [0.15, 0.2) is 35.3 Å². The van der Waals surface area contributed by atoms with Gasteiger partial charge in [0.05, 0.1) is 6.04 Å². The molecule has 1 atom stereocenters. The molecular weight excluding hydrogens is 253 g/mol. The molecule has 0 aliphatic carbocycles. The van der Waals surface area contributed by atoms with Crippen molar-refractivity contribution in [1.82, 2.24) is 10.6 Å². The van der Waals surface area contributed by atoms with Crippen LogP contribution in [-0.4, -0.2) is 19.6 Å². The van der Waals surface area contributed by atoms with Crippen LogP contribution >= 0.6 is 0 Å². The molecule has 0 amide bonds. The highest BCUT2D eigenvalue weighted by Crippen LogP contribution is 2.16. The summed E-state index contributed by atoms with van der Waals surface area (Å²) < 4.78 is 13.6. The topological polar surface area (TPSA) is 36.4 Å². The monoisotopic (exact) mass is 277 g/mol. The third-order valence-electron chi connectivity index (χ3n) is 3.11. The van der Waals surface area contributed by atoms with E-state index in [9.17, 15) is 4.39 Å². The third-order valence-corrected chi connectivity index (χ3v) is 3.11. The lowest BCUT2D eigenvalue weighted by atomic mass is 10.1. The zero-order chi connectivity index (χ0) is 15.0. The lowest BCUT2D eigenvalue weighted by Gasteiger charge is -2.18. The minimum atomic E-state index is -0.174. The van der Waals surface area contributed by atoms with Gasteiger partial charge in [0.2, 0.25) is 0 Å². The molecule has 0 aromatic heterocycles. The Morgan fingerprint density at radius 1 is 1.45 bits per heavy atom. The Kier molecular flexibility index (Phi) is 6.77. The predicted octanol–water partition coefficient (Wildman–Crippen LogP) is 3.33. The second kappa shape index (κ2) is 8.35. The van der Waals surface area contributed by atoms with E-state index in [0.29, 0.717) is 5.56 Å². The van der Waals surface area contributed by atoms with E-state index >= 15 is 0 Å². The summed E-state index contributed by atoms with van der Waals surface area (Å²) in [7, 11) is 1.73. The van der Waals surface area contributed by atoms with Crippen LogP contribution in [0.3, 0.4) is 0 Å². The second-order valence-corrected chi connectivity index (χ2v) is 4.73. The quantitative estimate of drug-likeness (QED) is 0.375. The Morgan fingerprint density at radius 2 is 2.20 bits per heavy atom. The number of nitrogens with one attached hydrogen (secondary N) is 2. The van der Waals surface area contributed by atoms with Gasteiger partial charge in [-0.25, -0.2) is 4.39 Å². The van der Waals surface area contributed by atoms with E-state index in [1.807, 2.05) is 26.0 Å². The number of aliphatic imine (C=N–C) groups is 1. The maximum Gasteiger partial charge on any atom is 0.191 e. The van der Waals surface area contributed by atoms with Gasteiger partial charge >= 0.3 is 0 Å². The first-order valence-electron chi connectivity index (χ1n) is 6.93. The fraction of sp³-hybridized carbons (Fsp3) is 0.438. The molecule has 20 heavy (non-hydrogen) atoms. The van der Waals surface area contributed by atoms with Crippen LogP contribution in [0.25, 0.3) is 0 Å². The van der Waals surface area contributed by atoms with Crippen LogP contribution in [0.5, 0.6) is 0 Å². The molecule has 0 heterocycles. The van der Waals surface area contributed by atoms with Gasteiger partial charge in [0.1, 0.15) is 5.82 Å². The zero-order valence-corrected chi connectivity index (χ0v) is 12.7. The van der Waals surface area contributed by atoms with E-state index < -0.39 is 0 Å². The Labute approximate surface area is 121 Å². The predicted molar refractivity (Wildman–Crippen MR) is 83.5 cm³/mol. The fourth-order valence-electron chi connectivity index (χ4n) is 1.80. The molecule has 1 rings (SSSR count). The van der Waals surface area contributed by atoms with Crippen molar-refractivity contribution in [3.8, 4) is 0 Å². The molecule has 0 aliphatic heterocycles. The third kappa shape index (κ3) is 5.03. The highest BCUT2D eigenvalue weighted by atomic mass is 19.1. The summed E-state index contributed by atoms with van der Waals surface area (Å²) in [5, 5.41) is 6.48. The smallest absolute Gasteiger partial charge is 0.191 e. The molecule has 3 nitrogen and oxygen atoms in total. The molecule has 0 radical (unpaired) electrons. The molecule has 0 saturated carbocycles. The molecule has 1 aromatic carbocycles. The molecular formula is C16H24FN3. The first-order chi connectivity index (χ1) is 9.58. The van der Waals surface area contributed by atoms with Gasteiger partial charge in [-0.1, -0.05) is 24.3 Å². The summed E-state index contributed by atoms with van der Waals surface area (Å²) in [4.78, 5) is 4.17. The van der Waals surface area contributed by atoms with Gasteiger partial charge in [-0.05, 0) is 44.4 Å². The number of guanidine groups is 1. The van der Waals surface area contributed by atoms with Crippen LogP contribution in [0.2, 0.25) is 0 Å². The molecule has 0 fully saturated rings. The number of halogens is 1. The summed E-state index contributed by atoms with van der Waals surface area (Å²) in [5.41, 5.74) is 1.57. The average molecular weight is 277 g/mol. The summed E-state index contributed by atoms with van der Waals surface area (Å²) in [5.74, 6) is 0.551. The lowest BCUT2D eigenvalue weighted by Crippen LogP contribution is -2.39. The van der Waals surface area contributed by atoms with E-state index in [-0.39, 0.29) is 11.9 Å². The van der Waals surface area contributed by atoms with Gasteiger partial charge in [-0.15, -0.1) is 0 Å². The number of hydrogen-bond donors (Lipinski definition) is 2. The Morgan fingerprint density at radius 3 is 2.80 bits per heavy atom. The molecule has 0 bridgehead atoms. The Balaban J connectivity index is 2.58. The molecule has 110 valence electrons. The van der Waals surface area contributed by atoms with Crippen molar-refractivity contribution in [2.75, 3.05) is 13.6 Å². The SMILES string of the molecule is C/C=C/CCNC(=NC)NC(C)c1ccc(C)c(F)c1. The Hall–Kier alpha value is -1.84. The first kappa shape index (κ1) is 16.2. The van der Waals surface area contributed by atoms with Crippen LogP contribution in [0, 0.1) is 12.7 Å². The largest absolute Gasteiger partial charge is 0.356 e. The number of aryl methyl sites for hydroxylation is 1. The fourth-order valence-corrected chi connectivity index (χ4v) is 1.80. The van der Waals surface area contributed by atoms with Gasteiger partial charge in [-0.2, -0.15) is 0 Å². The van der Waals surface area contributed by atoms with E-state index in [2.05, 4.69) is 21.7 Å². The van der Waals surface area contributed by atoms with E-state index in [0.717, 1.165) is 24.5 Å². The van der Waals surface area contributed by atoms with Gasteiger partial charge < -0.3 is 10.6 Å². The van der Waals surface area contributed by atoms with Gasteiger partial charge in [0, 0.05) is 13.6 Å². The summed E-state index contributed by atoms with van der Waals surface area (Å²) in [6.07, 6.45) is 5.07. The number of benzene rings is 1. The van der Waals surface area contributed by atoms with Crippen molar-refractivity contribution >= 4 is 5.96 Å². The molecule has 0 saturated heterocycles. The standard InChI is InChI=1S/C16H24FN3/c1-5-6-7-10-19-16(18-4)20-13(3)14-9-8-12(2)15(17)11-14/h5-6,8-9,11,13H,7,10H2,1-4H3,(H2,18,19,20)/b6-5+. The van der Waals surface area contributed by atoms with Gasteiger partial charge in [0.15, 0.2) is 5.96 Å². The lowest BCUT2D eigenvalue weighted by molar-refractivity contribution is 0.607. The van der Waals surface area contributed by atoms with E-state index in [1.54, 1.807) is 26.1 Å². The molecule has 0 aliphatic rings. The maximum absolute atomic E-state index is 13.6. The van der Waals surface area contributed by atoms with Crippen LogP contribution in [-0.2, 0) is 0 Å². The van der Waals surface area contributed by atoms with Crippen molar-refractivity contribution in [2.24, 2.45) is 4.99 Å². The minimum absolute atomic E-state index is 0.00184. The normalized spacial score (nSPS) is 13.6. The van der Waals surface area contributed by atoms with Crippen LogP contribution in [0.4, 0.5) is 4.39 Å². The highest BCUT2D eigenvalue weighted by molar-refractivity contribution is 5.80. The van der Waals surface area contributed by atoms with Crippen LogP contribution in [0.1, 0.15) is 37.4 Å². The molecule has 2 N–H and O–H groups in total. The van der Waals surface area contributed by atoms with Crippen molar-refractivity contribution in [2.45, 2.75) is 33.2 Å². The van der Waals surface area contributed by atoms with Crippen molar-refractivity contribution in [1.29, 1.82) is 0 Å². The van der Waals surface area contributed by atoms with Crippen molar-refractivity contribution in [3.63, 3.8) is 0 Å². The summed E-state index contributed by atoms with van der Waals surface area (Å²) in [6, 6.07) is 5.30. The first-order valence-corrected chi connectivity index (χ1v) is 6.93. The number of hydrogen-bond acceptors (Lipinski definition) is 1. The van der Waals surface area contributed by atoms with Crippen molar-refractivity contribution < 1.29 is 4.39 Å². The summed E-state index contributed by atoms with van der Waals surface area (Å²) >= 11 is 0. The molecule has 0 spiro atoms. The Bertz CT molecular complexity index is 481. The number of rotatable bonds is 5. The van der Waals surface area contributed by atoms with E-state index in [1.165, 1.54) is 0 Å². The van der Waals surface area contributed by atoms with Gasteiger partial charge in [0.25, 0.3) is 0 Å². The molecule has 1 unspecified atom stereocenters. The number of nitrogens with zero attached hydrogens (tertiary/aromatic N) is 1. The highest BCUT2D eigenvalue weighted by Gasteiger charge is 2.09. The average Bonchev–Trinajstić information content (AvgIpc) is 2.44. The summed E-state index contributed by atoms with van der Waals surface area (Å²) in [6.45, 7) is 6.57. The van der Waals surface area contributed by atoms with Crippen molar-refractivity contribution in [3.05, 3.63) is 47.3 Å². The maximum atomic E-state index is 13.6. The molecule has 4 heteroatoms. The van der Waals surface area contributed by atoms with Crippen LogP contribution < -0.4 is 10.6 Å². The number of allylic oxidation sites excluding steroid dienone is 1. The van der Waals surface area contributed by atoms with Gasteiger partial charge in [-0.3, -0.25) is 4.99 Å². The second-order valence-electron chi connectivity index (χ2n) is 4.73. The zero-order valence-electron chi connectivity index (χ0n) is 12.7.